The van der Waals surface area contributed by atoms with E-state index in [-0.39, 0.29) is 17.3 Å². The lowest BCUT2D eigenvalue weighted by atomic mass is 10.1. The number of ether oxygens (including phenoxy) is 1. The molecule has 0 aliphatic carbocycles. The Labute approximate surface area is 235 Å². The van der Waals surface area contributed by atoms with E-state index in [9.17, 15) is 18.0 Å². The van der Waals surface area contributed by atoms with Crippen molar-refractivity contribution in [3.8, 4) is 5.75 Å². The van der Waals surface area contributed by atoms with Crippen LogP contribution in [0.3, 0.4) is 0 Å². The fourth-order valence-corrected chi connectivity index (χ4v) is 5.44. The van der Waals surface area contributed by atoms with Crippen molar-refractivity contribution in [1.29, 1.82) is 0 Å². The van der Waals surface area contributed by atoms with Gasteiger partial charge in [0.25, 0.3) is 10.0 Å². The van der Waals surface area contributed by atoms with Gasteiger partial charge in [-0.1, -0.05) is 55.3 Å². The third kappa shape index (κ3) is 7.97. The quantitative estimate of drug-likeness (QED) is 0.295. The molecule has 0 spiro atoms. The maximum atomic E-state index is 13.9. The number of unbranched alkanes of at least 4 members (excludes halogenated alkanes) is 1. The molecule has 2 amide bonds. The molecule has 0 fully saturated rings. The predicted molar refractivity (Wildman–Crippen MR) is 153 cm³/mol. The van der Waals surface area contributed by atoms with Gasteiger partial charge >= 0.3 is 0 Å². The van der Waals surface area contributed by atoms with E-state index in [0.717, 1.165) is 22.7 Å². The highest BCUT2D eigenvalue weighted by molar-refractivity contribution is 7.92. The van der Waals surface area contributed by atoms with E-state index in [1.807, 2.05) is 6.92 Å². The van der Waals surface area contributed by atoms with Crippen molar-refractivity contribution in [3.05, 3.63) is 89.4 Å². The van der Waals surface area contributed by atoms with E-state index in [2.05, 4.69) is 5.32 Å². The van der Waals surface area contributed by atoms with Crippen LogP contribution in [0.15, 0.2) is 83.8 Å². The van der Waals surface area contributed by atoms with E-state index in [1.165, 1.54) is 29.2 Å². The highest BCUT2D eigenvalue weighted by Crippen LogP contribution is 2.25. The van der Waals surface area contributed by atoms with Gasteiger partial charge in [0.2, 0.25) is 11.8 Å². The summed E-state index contributed by atoms with van der Waals surface area (Å²) in [4.78, 5) is 28.2. The molecule has 0 aliphatic heterocycles. The third-order valence-electron chi connectivity index (χ3n) is 6.23. The number of rotatable bonds is 13. The molecule has 0 radical (unpaired) electrons. The van der Waals surface area contributed by atoms with Crippen molar-refractivity contribution < 1.29 is 22.7 Å². The Balaban J connectivity index is 1.96. The zero-order chi connectivity index (χ0) is 28.4. The topological polar surface area (TPSA) is 96.0 Å². The Morgan fingerprint density at radius 1 is 0.974 bits per heavy atom. The average Bonchev–Trinajstić information content (AvgIpc) is 2.95. The van der Waals surface area contributed by atoms with Crippen molar-refractivity contribution in [2.75, 3.05) is 24.5 Å². The first kappa shape index (κ1) is 30.0. The van der Waals surface area contributed by atoms with Gasteiger partial charge in [-0.2, -0.15) is 0 Å². The molecule has 3 rings (SSSR count). The number of halogens is 1. The average molecular weight is 572 g/mol. The molecule has 0 bridgehead atoms. The van der Waals surface area contributed by atoms with Crippen molar-refractivity contribution in [1.82, 2.24) is 10.2 Å². The minimum Gasteiger partial charge on any atom is -0.497 e. The van der Waals surface area contributed by atoms with Crippen LogP contribution in [-0.2, 0) is 26.2 Å². The summed E-state index contributed by atoms with van der Waals surface area (Å²) in [6.07, 6.45) is 1.73. The zero-order valence-electron chi connectivity index (χ0n) is 22.3. The van der Waals surface area contributed by atoms with E-state index < -0.39 is 28.5 Å². The number of carbonyl (C=O) groups is 2. The van der Waals surface area contributed by atoms with Crippen molar-refractivity contribution in [2.24, 2.45) is 0 Å². The van der Waals surface area contributed by atoms with Crippen LogP contribution in [0.4, 0.5) is 5.69 Å². The Morgan fingerprint density at radius 2 is 1.62 bits per heavy atom. The number of para-hydroxylation sites is 1. The van der Waals surface area contributed by atoms with Crippen LogP contribution in [0.2, 0.25) is 5.02 Å². The Kier molecular flexibility index (Phi) is 10.8. The second-order valence-corrected chi connectivity index (χ2v) is 11.3. The molecule has 0 heterocycles. The number of benzene rings is 3. The van der Waals surface area contributed by atoms with Crippen molar-refractivity contribution >= 4 is 39.1 Å². The lowest BCUT2D eigenvalue weighted by Crippen LogP contribution is -2.51. The van der Waals surface area contributed by atoms with Crippen LogP contribution < -0.4 is 14.4 Å². The first-order chi connectivity index (χ1) is 18.7. The monoisotopic (exact) mass is 571 g/mol. The summed E-state index contributed by atoms with van der Waals surface area (Å²) in [6, 6.07) is 20.5. The summed E-state index contributed by atoms with van der Waals surface area (Å²) in [7, 11) is -2.57. The first-order valence-corrected chi connectivity index (χ1v) is 14.5. The minimum absolute atomic E-state index is 0.00406. The smallest absolute Gasteiger partial charge is 0.264 e. The summed E-state index contributed by atoms with van der Waals surface area (Å²) in [5, 5.41) is 3.27. The second kappa shape index (κ2) is 14.0. The number of hydrogen-bond donors (Lipinski definition) is 1. The van der Waals surface area contributed by atoms with Crippen molar-refractivity contribution in [2.45, 2.75) is 44.2 Å². The van der Waals surface area contributed by atoms with Gasteiger partial charge in [0.05, 0.1) is 17.7 Å². The molecule has 0 aliphatic rings. The molecule has 39 heavy (non-hydrogen) atoms. The van der Waals surface area contributed by atoms with Crippen LogP contribution in [0.1, 0.15) is 32.3 Å². The highest BCUT2D eigenvalue weighted by atomic mass is 35.5. The lowest BCUT2D eigenvalue weighted by molar-refractivity contribution is -0.139. The SMILES string of the molecule is CCCCNC(=O)[C@@H](C)N(Cc1ccc(OC)cc1)C(=O)CN(c1ccccc1)S(=O)(=O)c1ccc(Cl)cc1. The van der Waals surface area contributed by atoms with E-state index in [0.29, 0.717) is 23.0 Å². The van der Waals surface area contributed by atoms with Crippen LogP contribution >= 0.6 is 11.6 Å². The summed E-state index contributed by atoms with van der Waals surface area (Å²) in [6.45, 7) is 3.76. The normalized spacial score (nSPS) is 11.9. The number of amides is 2. The Bertz CT molecular complexity index is 1330. The number of carbonyl (C=O) groups excluding carboxylic acids is 2. The highest BCUT2D eigenvalue weighted by Gasteiger charge is 2.32. The molecule has 1 atom stereocenters. The van der Waals surface area contributed by atoms with Gasteiger partial charge in [-0.15, -0.1) is 0 Å². The van der Waals surface area contributed by atoms with E-state index in [4.69, 9.17) is 16.3 Å². The number of sulfonamides is 1. The first-order valence-electron chi connectivity index (χ1n) is 12.7. The number of anilines is 1. The fraction of sp³-hybridized carbons (Fsp3) is 0.310. The van der Waals surface area contributed by atoms with Crippen LogP contribution in [0.25, 0.3) is 0 Å². The lowest BCUT2D eigenvalue weighted by Gasteiger charge is -2.32. The number of nitrogens with one attached hydrogen (secondary N) is 1. The third-order valence-corrected chi connectivity index (χ3v) is 8.27. The van der Waals surface area contributed by atoms with Gasteiger partial charge in [-0.3, -0.25) is 13.9 Å². The minimum atomic E-state index is -4.13. The number of methoxy groups -OCH3 is 1. The molecular weight excluding hydrogens is 538 g/mol. The Morgan fingerprint density at radius 3 is 2.21 bits per heavy atom. The summed E-state index contributed by atoms with van der Waals surface area (Å²) >= 11 is 5.98. The zero-order valence-corrected chi connectivity index (χ0v) is 23.9. The molecule has 3 aromatic carbocycles. The van der Waals surface area contributed by atoms with Crippen molar-refractivity contribution in [3.63, 3.8) is 0 Å². The Hall–Kier alpha value is -3.56. The van der Waals surface area contributed by atoms with Gasteiger partial charge in [0, 0.05) is 18.1 Å². The molecule has 8 nitrogen and oxygen atoms in total. The molecule has 3 aromatic rings. The maximum Gasteiger partial charge on any atom is 0.264 e. The van der Waals surface area contributed by atoms with Crippen LogP contribution in [-0.4, -0.2) is 51.4 Å². The number of nitrogens with zero attached hydrogens (tertiary/aromatic N) is 2. The van der Waals surface area contributed by atoms with Crippen LogP contribution in [0.5, 0.6) is 5.75 Å². The van der Waals surface area contributed by atoms with E-state index >= 15 is 0 Å². The predicted octanol–water partition coefficient (Wildman–Crippen LogP) is 4.88. The molecular formula is C29H34ClN3O5S. The molecule has 0 aromatic heterocycles. The maximum absolute atomic E-state index is 13.9. The van der Waals surface area contributed by atoms with Gasteiger partial charge in [0.15, 0.2) is 0 Å². The second-order valence-electron chi connectivity index (χ2n) is 8.99. The van der Waals surface area contributed by atoms with Crippen LogP contribution in [0, 0.1) is 0 Å². The largest absolute Gasteiger partial charge is 0.497 e. The summed E-state index contributed by atoms with van der Waals surface area (Å²) < 4.78 is 33.7. The molecule has 0 saturated carbocycles. The molecule has 0 saturated heterocycles. The standard InChI is InChI=1S/C29H34ClN3O5S/c1-4-5-19-31-29(35)22(2)32(20-23-11-15-26(38-3)16-12-23)28(34)21-33(25-9-7-6-8-10-25)39(36,37)27-17-13-24(30)14-18-27/h6-18,22H,4-5,19-21H2,1-3H3,(H,31,35)/t22-/m1/s1. The molecule has 1 N–H and O–H groups in total. The van der Waals surface area contributed by atoms with E-state index in [1.54, 1.807) is 68.6 Å². The van der Waals surface area contributed by atoms with Gasteiger partial charge in [0.1, 0.15) is 18.3 Å². The molecule has 10 heteroatoms. The number of hydrogen-bond acceptors (Lipinski definition) is 5. The van der Waals surface area contributed by atoms with Gasteiger partial charge in [-0.05, 0) is 67.4 Å². The summed E-state index contributed by atoms with van der Waals surface area (Å²) in [5.74, 6) is -0.172. The molecule has 208 valence electrons. The molecule has 0 unspecified atom stereocenters. The summed E-state index contributed by atoms with van der Waals surface area (Å²) in [5.41, 5.74) is 1.09. The van der Waals surface area contributed by atoms with Gasteiger partial charge < -0.3 is 15.0 Å². The van der Waals surface area contributed by atoms with Gasteiger partial charge in [-0.25, -0.2) is 8.42 Å². The fourth-order valence-electron chi connectivity index (χ4n) is 3.90.